The first-order valence-electron chi connectivity index (χ1n) is 8.73. The van der Waals surface area contributed by atoms with Gasteiger partial charge in [-0.25, -0.2) is 13.6 Å². The van der Waals surface area contributed by atoms with E-state index in [1.165, 1.54) is 12.1 Å². The highest BCUT2D eigenvalue weighted by Crippen LogP contribution is 2.41. The SMILES string of the molecule is COc1ccccc1C1=C(c2ccc(S(N)(=O)=O)cc2)Oc2ccccc2C1. The summed E-state index contributed by atoms with van der Waals surface area (Å²) >= 11 is 0. The summed E-state index contributed by atoms with van der Waals surface area (Å²) in [6.45, 7) is 0. The highest BCUT2D eigenvalue weighted by Gasteiger charge is 2.24. The Hall–Kier alpha value is -3.09. The molecule has 1 aliphatic heterocycles. The van der Waals surface area contributed by atoms with Crippen LogP contribution in [0.2, 0.25) is 0 Å². The smallest absolute Gasteiger partial charge is 0.238 e. The summed E-state index contributed by atoms with van der Waals surface area (Å²) in [6, 6.07) is 22.0. The number of benzene rings is 3. The minimum atomic E-state index is -3.75. The van der Waals surface area contributed by atoms with Gasteiger partial charge >= 0.3 is 0 Å². The normalized spacial score (nSPS) is 13.6. The van der Waals surface area contributed by atoms with E-state index in [-0.39, 0.29) is 4.90 Å². The topological polar surface area (TPSA) is 78.6 Å². The van der Waals surface area contributed by atoms with E-state index in [2.05, 4.69) is 0 Å². The van der Waals surface area contributed by atoms with Gasteiger partial charge in [-0.3, -0.25) is 0 Å². The second-order valence-electron chi connectivity index (χ2n) is 6.46. The number of ether oxygens (including phenoxy) is 2. The average molecular weight is 393 g/mol. The van der Waals surface area contributed by atoms with Crippen molar-refractivity contribution in [1.82, 2.24) is 0 Å². The van der Waals surface area contributed by atoms with Gasteiger partial charge in [0.25, 0.3) is 0 Å². The molecule has 0 aliphatic carbocycles. The summed E-state index contributed by atoms with van der Waals surface area (Å²) in [5, 5.41) is 5.22. The predicted molar refractivity (Wildman–Crippen MR) is 108 cm³/mol. The number of rotatable bonds is 4. The van der Waals surface area contributed by atoms with Crippen molar-refractivity contribution >= 4 is 21.4 Å². The van der Waals surface area contributed by atoms with Gasteiger partial charge in [-0.15, -0.1) is 0 Å². The third-order valence-electron chi connectivity index (χ3n) is 4.70. The highest BCUT2D eigenvalue weighted by atomic mass is 32.2. The predicted octanol–water partition coefficient (Wildman–Crippen LogP) is 3.85. The number of fused-ring (bicyclic) bond motifs is 1. The van der Waals surface area contributed by atoms with Crippen LogP contribution >= 0.6 is 0 Å². The highest BCUT2D eigenvalue weighted by molar-refractivity contribution is 7.89. The summed E-state index contributed by atoms with van der Waals surface area (Å²) in [7, 11) is -2.12. The first kappa shape index (κ1) is 18.3. The molecule has 0 aromatic heterocycles. The lowest BCUT2D eigenvalue weighted by atomic mass is 9.91. The van der Waals surface area contributed by atoms with Gasteiger partial charge in [-0.05, 0) is 42.0 Å². The molecule has 6 heteroatoms. The van der Waals surface area contributed by atoms with Crippen LogP contribution in [0.1, 0.15) is 16.7 Å². The first-order valence-corrected chi connectivity index (χ1v) is 10.3. The Morgan fingerprint density at radius 2 is 1.61 bits per heavy atom. The number of methoxy groups -OCH3 is 1. The number of allylic oxidation sites excluding steroid dienone is 1. The maximum absolute atomic E-state index is 11.6. The molecular weight excluding hydrogens is 374 g/mol. The van der Waals surface area contributed by atoms with Crippen LogP contribution in [0.15, 0.2) is 77.7 Å². The Balaban J connectivity index is 1.89. The van der Waals surface area contributed by atoms with Crippen molar-refractivity contribution in [3.8, 4) is 11.5 Å². The summed E-state index contributed by atoms with van der Waals surface area (Å²) in [4.78, 5) is 0.0619. The van der Waals surface area contributed by atoms with Crippen molar-refractivity contribution in [2.75, 3.05) is 7.11 Å². The van der Waals surface area contributed by atoms with E-state index in [1.807, 2.05) is 48.5 Å². The van der Waals surface area contributed by atoms with E-state index in [9.17, 15) is 8.42 Å². The molecular formula is C22H19NO4S. The molecule has 0 saturated heterocycles. The third-order valence-corrected chi connectivity index (χ3v) is 5.63. The third kappa shape index (κ3) is 3.40. The van der Waals surface area contributed by atoms with Crippen LogP contribution in [0.3, 0.4) is 0 Å². The molecule has 3 aromatic rings. The quantitative estimate of drug-likeness (QED) is 0.730. The maximum atomic E-state index is 11.6. The lowest BCUT2D eigenvalue weighted by Crippen LogP contribution is -2.13. The van der Waals surface area contributed by atoms with Crippen molar-refractivity contribution in [2.45, 2.75) is 11.3 Å². The molecule has 142 valence electrons. The van der Waals surface area contributed by atoms with Gasteiger partial charge in [-0.2, -0.15) is 0 Å². The maximum Gasteiger partial charge on any atom is 0.238 e. The number of nitrogens with two attached hydrogens (primary N) is 1. The average Bonchev–Trinajstić information content (AvgIpc) is 2.72. The van der Waals surface area contributed by atoms with Gasteiger partial charge in [0.1, 0.15) is 17.3 Å². The lowest BCUT2D eigenvalue weighted by molar-refractivity contribution is 0.413. The van der Waals surface area contributed by atoms with Crippen molar-refractivity contribution < 1.29 is 17.9 Å². The largest absolute Gasteiger partial charge is 0.496 e. The zero-order chi connectivity index (χ0) is 19.7. The molecule has 0 unspecified atom stereocenters. The Morgan fingerprint density at radius 3 is 2.32 bits per heavy atom. The molecule has 3 aromatic carbocycles. The molecule has 0 fully saturated rings. The Morgan fingerprint density at radius 1 is 0.929 bits per heavy atom. The standard InChI is InChI=1S/C22H19NO4S/c1-26-21-9-5-3-7-18(21)19-14-16-6-2-4-8-20(16)27-22(19)15-10-12-17(13-11-15)28(23,24)25/h2-13H,14H2,1H3,(H2,23,24,25). The number of hydrogen-bond acceptors (Lipinski definition) is 4. The van der Waals surface area contributed by atoms with Crippen LogP contribution in [0, 0.1) is 0 Å². The minimum Gasteiger partial charge on any atom is -0.496 e. The fourth-order valence-electron chi connectivity index (χ4n) is 3.33. The molecule has 0 spiro atoms. The second kappa shape index (κ2) is 7.14. The van der Waals surface area contributed by atoms with E-state index in [1.54, 1.807) is 19.2 Å². The number of para-hydroxylation sites is 2. The number of primary sulfonamides is 1. The molecule has 4 rings (SSSR count). The number of sulfonamides is 1. The van der Waals surface area contributed by atoms with E-state index < -0.39 is 10.0 Å². The summed E-state index contributed by atoms with van der Waals surface area (Å²) in [5.41, 5.74) is 3.75. The summed E-state index contributed by atoms with van der Waals surface area (Å²) in [5.74, 6) is 2.20. The van der Waals surface area contributed by atoms with Crippen molar-refractivity contribution in [3.63, 3.8) is 0 Å². The zero-order valence-electron chi connectivity index (χ0n) is 15.3. The fraction of sp³-hybridized carbons (Fsp3) is 0.0909. The molecule has 0 atom stereocenters. The van der Waals surface area contributed by atoms with Gasteiger partial charge in [0.05, 0.1) is 12.0 Å². The molecule has 0 radical (unpaired) electrons. The molecule has 0 saturated carbocycles. The Labute approximate surface area is 164 Å². The molecule has 5 nitrogen and oxygen atoms in total. The van der Waals surface area contributed by atoms with Crippen LogP contribution < -0.4 is 14.6 Å². The Kier molecular flexibility index (Phi) is 4.66. The van der Waals surface area contributed by atoms with Crippen LogP contribution in [-0.4, -0.2) is 15.5 Å². The summed E-state index contributed by atoms with van der Waals surface area (Å²) in [6.07, 6.45) is 0.669. The molecule has 1 heterocycles. The monoisotopic (exact) mass is 393 g/mol. The van der Waals surface area contributed by atoms with Crippen molar-refractivity contribution in [1.29, 1.82) is 0 Å². The molecule has 0 amide bonds. The van der Waals surface area contributed by atoms with Gasteiger partial charge in [0.15, 0.2) is 0 Å². The minimum absolute atomic E-state index is 0.0619. The molecule has 2 N–H and O–H groups in total. The Bertz CT molecular complexity index is 1170. The van der Waals surface area contributed by atoms with E-state index in [0.717, 1.165) is 33.8 Å². The van der Waals surface area contributed by atoms with Crippen LogP contribution in [-0.2, 0) is 16.4 Å². The lowest BCUT2D eigenvalue weighted by Gasteiger charge is -2.25. The van der Waals surface area contributed by atoms with E-state index in [0.29, 0.717) is 12.2 Å². The van der Waals surface area contributed by atoms with Crippen LogP contribution in [0.25, 0.3) is 11.3 Å². The number of hydrogen-bond donors (Lipinski definition) is 1. The molecule has 1 aliphatic rings. The van der Waals surface area contributed by atoms with Gasteiger partial charge < -0.3 is 9.47 Å². The summed E-state index contributed by atoms with van der Waals surface area (Å²) < 4.78 is 34.9. The molecule has 28 heavy (non-hydrogen) atoms. The van der Waals surface area contributed by atoms with Crippen molar-refractivity contribution in [3.05, 3.63) is 89.5 Å². The van der Waals surface area contributed by atoms with Crippen LogP contribution in [0.5, 0.6) is 11.5 Å². The van der Waals surface area contributed by atoms with Gasteiger partial charge in [-0.1, -0.05) is 36.4 Å². The van der Waals surface area contributed by atoms with Crippen molar-refractivity contribution in [2.24, 2.45) is 5.14 Å². The fourth-order valence-corrected chi connectivity index (χ4v) is 3.85. The van der Waals surface area contributed by atoms with Gasteiger partial charge in [0.2, 0.25) is 10.0 Å². The zero-order valence-corrected chi connectivity index (χ0v) is 16.1. The van der Waals surface area contributed by atoms with Gasteiger partial charge in [0, 0.05) is 23.1 Å². The first-order chi connectivity index (χ1) is 13.5. The van der Waals surface area contributed by atoms with E-state index >= 15 is 0 Å². The molecule has 0 bridgehead atoms. The van der Waals surface area contributed by atoms with E-state index in [4.69, 9.17) is 14.6 Å². The second-order valence-corrected chi connectivity index (χ2v) is 8.03. The van der Waals surface area contributed by atoms with Crippen LogP contribution in [0.4, 0.5) is 0 Å².